The van der Waals surface area contributed by atoms with Crippen molar-refractivity contribution in [2.75, 3.05) is 6.61 Å². The molecule has 0 amide bonds. The molecule has 1 aliphatic carbocycles. The van der Waals surface area contributed by atoms with Crippen molar-refractivity contribution in [1.29, 1.82) is 0 Å². The lowest BCUT2D eigenvalue weighted by atomic mass is 9.69. The molecule has 1 N–H and O–H groups in total. The smallest absolute Gasteiger partial charge is 0.0801 e. The Balaban J connectivity index is 2.31. The fourth-order valence-corrected chi connectivity index (χ4v) is 2.80. The van der Waals surface area contributed by atoms with Crippen LogP contribution in [0.4, 0.5) is 0 Å². The van der Waals surface area contributed by atoms with Crippen LogP contribution in [0.25, 0.3) is 0 Å². The van der Waals surface area contributed by atoms with Crippen molar-refractivity contribution in [3.8, 4) is 0 Å². The molecule has 0 aliphatic heterocycles. The molecule has 0 saturated heterocycles. The maximum atomic E-state index is 10.1. The average molecular weight is 242 g/mol. The van der Waals surface area contributed by atoms with Gasteiger partial charge in [0.1, 0.15) is 0 Å². The molecule has 1 atom stereocenters. The minimum Gasteiger partial charge on any atom is -0.390 e. The van der Waals surface area contributed by atoms with Gasteiger partial charge < -0.3 is 9.84 Å². The molecule has 1 rings (SSSR count). The van der Waals surface area contributed by atoms with Crippen molar-refractivity contribution in [2.24, 2.45) is 17.3 Å². The van der Waals surface area contributed by atoms with Crippen LogP contribution in [0.1, 0.15) is 60.3 Å². The van der Waals surface area contributed by atoms with Crippen LogP contribution < -0.4 is 0 Å². The Morgan fingerprint density at radius 2 is 1.65 bits per heavy atom. The van der Waals surface area contributed by atoms with Crippen LogP contribution in [0.5, 0.6) is 0 Å². The van der Waals surface area contributed by atoms with E-state index in [2.05, 4.69) is 20.8 Å². The third-order valence-corrected chi connectivity index (χ3v) is 4.14. The summed E-state index contributed by atoms with van der Waals surface area (Å²) in [5.41, 5.74) is 0.421. The zero-order valence-electron chi connectivity index (χ0n) is 12.2. The molecule has 102 valence electrons. The van der Waals surface area contributed by atoms with Crippen LogP contribution in [-0.2, 0) is 4.74 Å². The Hall–Kier alpha value is -0.0800. The zero-order valence-corrected chi connectivity index (χ0v) is 12.2. The SMILES string of the molecule is CC(C)OCC(O)C1CCC(C(C)(C)C)CC1. The Kier molecular flexibility index (Phi) is 5.46. The van der Waals surface area contributed by atoms with E-state index in [-0.39, 0.29) is 12.2 Å². The molecule has 1 aliphatic rings. The number of ether oxygens (including phenoxy) is 1. The summed E-state index contributed by atoms with van der Waals surface area (Å²) in [6.45, 7) is 11.5. The lowest BCUT2D eigenvalue weighted by Gasteiger charge is -2.38. The largest absolute Gasteiger partial charge is 0.390 e. The van der Waals surface area contributed by atoms with Crippen LogP contribution in [0.3, 0.4) is 0 Å². The molecule has 2 heteroatoms. The lowest BCUT2D eigenvalue weighted by molar-refractivity contribution is -0.0337. The minimum absolute atomic E-state index is 0.218. The summed E-state index contributed by atoms with van der Waals surface area (Å²) in [7, 11) is 0. The van der Waals surface area contributed by atoms with Crippen LogP contribution in [0.2, 0.25) is 0 Å². The van der Waals surface area contributed by atoms with Crippen LogP contribution in [0.15, 0.2) is 0 Å². The van der Waals surface area contributed by atoms with Crippen molar-refractivity contribution in [3.05, 3.63) is 0 Å². The molecular formula is C15H30O2. The summed E-state index contributed by atoms with van der Waals surface area (Å²) in [5, 5.41) is 10.1. The molecule has 0 radical (unpaired) electrons. The molecule has 0 aromatic rings. The maximum absolute atomic E-state index is 10.1. The Morgan fingerprint density at radius 1 is 1.12 bits per heavy atom. The van der Waals surface area contributed by atoms with E-state index in [1.54, 1.807) is 0 Å². The second kappa shape index (κ2) is 6.19. The average Bonchev–Trinajstić information content (AvgIpc) is 2.25. The lowest BCUT2D eigenvalue weighted by Crippen LogP contribution is -2.33. The third-order valence-electron chi connectivity index (χ3n) is 4.14. The van der Waals surface area contributed by atoms with Gasteiger partial charge in [-0.1, -0.05) is 20.8 Å². The van der Waals surface area contributed by atoms with Gasteiger partial charge in [-0.2, -0.15) is 0 Å². The second-order valence-electron chi connectivity index (χ2n) is 6.93. The summed E-state index contributed by atoms with van der Waals surface area (Å²) >= 11 is 0. The van der Waals surface area contributed by atoms with Gasteiger partial charge in [0.05, 0.1) is 18.8 Å². The minimum atomic E-state index is -0.265. The molecule has 17 heavy (non-hydrogen) atoms. The summed E-state index contributed by atoms with van der Waals surface area (Å²) in [4.78, 5) is 0. The fourth-order valence-electron chi connectivity index (χ4n) is 2.80. The Bertz CT molecular complexity index is 209. The number of rotatable bonds is 4. The van der Waals surface area contributed by atoms with Crippen molar-refractivity contribution < 1.29 is 9.84 Å². The molecule has 1 fully saturated rings. The summed E-state index contributed by atoms with van der Waals surface area (Å²) in [5.74, 6) is 1.27. The predicted molar refractivity (Wildman–Crippen MR) is 72.0 cm³/mol. The summed E-state index contributed by atoms with van der Waals surface area (Å²) in [6.07, 6.45) is 4.78. The van der Waals surface area contributed by atoms with Gasteiger partial charge in [-0.25, -0.2) is 0 Å². The topological polar surface area (TPSA) is 29.5 Å². The first-order valence-corrected chi connectivity index (χ1v) is 7.10. The Labute approximate surface area is 107 Å². The van der Waals surface area contributed by atoms with Crippen LogP contribution in [-0.4, -0.2) is 23.9 Å². The molecular weight excluding hydrogens is 212 g/mol. The number of aliphatic hydroxyl groups is 1. The van der Waals surface area contributed by atoms with E-state index in [1.807, 2.05) is 13.8 Å². The highest BCUT2D eigenvalue weighted by Gasteiger charge is 2.32. The van der Waals surface area contributed by atoms with E-state index in [1.165, 1.54) is 12.8 Å². The first kappa shape index (κ1) is 15.0. The van der Waals surface area contributed by atoms with E-state index in [0.29, 0.717) is 17.9 Å². The highest BCUT2D eigenvalue weighted by atomic mass is 16.5. The van der Waals surface area contributed by atoms with Crippen molar-refractivity contribution >= 4 is 0 Å². The van der Waals surface area contributed by atoms with E-state index >= 15 is 0 Å². The van der Waals surface area contributed by atoms with Gasteiger partial charge in [-0.15, -0.1) is 0 Å². The van der Waals surface area contributed by atoms with E-state index in [9.17, 15) is 5.11 Å². The van der Waals surface area contributed by atoms with Gasteiger partial charge in [-0.3, -0.25) is 0 Å². The highest BCUT2D eigenvalue weighted by molar-refractivity contribution is 4.83. The first-order chi connectivity index (χ1) is 7.80. The van der Waals surface area contributed by atoms with Gasteiger partial charge >= 0.3 is 0 Å². The van der Waals surface area contributed by atoms with Crippen molar-refractivity contribution in [3.63, 3.8) is 0 Å². The third kappa shape index (κ3) is 4.97. The number of hydrogen-bond donors (Lipinski definition) is 1. The Morgan fingerprint density at radius 3 is 2.06 bits per heavy atom. The normalized spacial score (nSPS) is 28.4. The monoisotopic (exact) mass is 242 g/mol. The number of hydrogen-bond acceptors (Lipinski definition) is 2. The maximum Gasteiger partial charge on any atom is 0.0801 e. The highest BCUT2D eigenvalue weighted by Crippen LogP contribution is 2.40. The van der Waals surface area contributed by atoms with Crippen molar-refractivity contribution in [1.82, 2.24) is 0 Å². The van der Waals surface area contributed by atoms with E-state index in [4.69, 9.17) is 4.74 Å². The molecule has 1 saturated carbocycles. The zero-order chi connectivity index (χ0) is 13.1. The van der Waals surface area contributed by atoms with Crippen LogP contribution >= 0.6 is 0 Å². The van der Waals surface area contributed by atoms with Gasteiger partial charge in [-0.05, 0) is 56.8 Å². The van der Waals surface area contributed by atoms with Crippen LogP contribution in [0, 0.1) is 17.3 Å². The van der Waals surface area contributed by atoms with E-state index < -0.39 is 0 Å². The van der Waals surface area contributed by atoms with Gasteiger partial charge in [0.15, 0.2) is 0 Å². The standard InChI is InChI=1S/C15H30O2/c1-11(2)17-10-14(16)12-6-8-13(9-7-12)15(3,4)5/h11-14,16H,6-10H2,1-5H3. The first-order valence-electron chi connectivity index (χ1n) is 7.10. The summed E-state index contributed by atoms with van der Waals surface area (Å²) in [6, 6.07) is 0. The molecule has 0 aromatic heterocycles. The number of aliphatic hydroxyl groups excluding tert-OH is 1. The molecule has 0 aromatic carbocycles. The predicted octanol–water partition coefficient (Wildman–Crippen LogP) is 3.62. The quantitative estimate of drug-likeness (QED) is 0.816. The second-order valence-corrected chi connectivity index (χ2v) is 6.93. The molecule has 0 spiro atoms. The molecule has 0 heterocycles. The molecule has 0 bridgehead atoms. The summed E-state index contributed by atoms with van der Waals surface area (Å²) < 4.78 is 5.50. The van der Waals surface area contributed by atoms with Gasteiger partial charge in [0.25, 0.3) is 0 Å². The molecule has 1 unspecified atom stereocenters. The molecule has 2 nitrogen and oxygen atoms in total. The van der Waals surface area contributed by atoms with Crippen molar-refractivity contribution in [2.45, 2.75) is 72.5 Å². The van der Waals surface area contributed by atoms with Gasteiger partial charge in [0.2, 0.25) is 0 Å². The fraction of sp³-hybridized carbons (Fsp3) is 1.00. The van der Waals surface area contributed by atoms with Gasteiger partial charge in [0, 0.05) is 0 Å². The van der Waals surface area contributed by atoms with E-state index in [0.717, 1.165) is 18.8 Å².